The standard InChI is InChI=1S/C13H18FN3O2/c1-16(9-11-4-2-3-7-15-11)12-6-5-10(14)8-13(12)17(18)19/h5-6,8,11,15H,2-4,7,9H2,1H3. The summed E-state index contributed by atoms with van der Waals surface area (Å²) < 4.78 is 13.1. The topological polar surface area (TPSA) is 58.4 Å². The van der Waals surface area contributed by atoms with Crippen molar-refractivity contribution in [2.75, 3.05) is 25.0 Å². The second-order valence-electron chi connectivity index (χ2n) is 4.92. The molecule has 0 radical (unpaired) electrons. The molecule has 1 aliphatic heterocycles. The van der Waals surface area contributed by atoms with Crippen LogP contribution in [-0.4, -0.2) is 31.1 Å². The molecule has 5 nitrogen and oxygen atoms in total. The number of nitrogens with zero attached hydrogens (tertiary/aromatic N) is 2. The van der Waals surface area contributed by atoms with Crippen LogP contribution in [-0.2, 0) is 0 Å². The number of hydrogen-bond acceptors (Lipinski definition) is 4. The van der Waals surface area contributed by atoms with Gasteiger partial charge in [0.1, 0.15) is 11.5 Å². The fraction of sp³-hybridized carbons (Fsp3) is 0.538. The van der Waals surface area contributed by atoms with Crippen molar-refractivity contribution < 1.29 is 9.31 Å². The summed E-state index contributed by atoms with van der Waals surface area (Å²) in [5.74, 6) is -0.584. The predicted molar refractivity (Wildman–Crippen MR) is 72.0 cm³/mol. The van der Waals surface area contributed by atoms with E-state index in [0.717, 1.165) is 19.0 Å². The van der Waals surface area contributed by atoms with E-state index in [1.165, 1.54) is 25.0 Å². The van der Waals surface area contributed by atoms with Crippen molar-refractivity contribution in [2.45, 2.75) is 25.3 Å². The van der Waals surface area contributed by atoms with Crippen molar-refractivity contribution in [1.29, 1.82) is 0 Å². The number of halogens is 1. The third-order valence-corrected chi connectivity index (χ3v) is 3.45. The minimum atomic E-state index is -0.584. The first kappa shape index (κ1) is 13.7. The molecule has 0 aromatic heterocycles. The Balaban J connectivity index is 2.13. The molecular weight excluding hydrogens is 249 g/mol. The minimum Gasteiger partial charge on any atom is -0.367 e. The van der Waals surface area contributed by atoms with Gasteiger partial charge in [0.2, 0.25) is 0 Å². The predicted octanol–water partition coefficient (Wildman–Crippen LogP) is 2.31. The number of likely N-dealkylation sites (N-methyl/N-ethyl adjacent to an activating group) is 1. The van der Waals surface area contributed by atoms with Gasteiger partial charge in [-0.05, 0) is 31.5 Å². The average molecular weight is 267 g/mol. The molecule has 0 bridgehead atoms. The summed E-state index contributed by atoms with van der Waals surface area (Å²) in [7, 11) is 1.80. The number of nitro groups is 1. The Labute approximate surface area is 111 Å². The highest BCUT2D eigenvalue weighted by Crippen LogP contribution is 2.28. The third-order valence-electron chi connectivity index (χ3n) is 3.45. The van der Waals surface area contributed by atoms with Gasteiger partial charge in [0, 0.05) is 19.6 Å². The van der Waals surface area contributed by atoms with Crippen LogP contribution in [0.3, 0.4) is 0 Å². The number of rotatable bonds is 4. The van der Waals surface area contributed by atoms with Gasteiger partial charge < -0.3 is 10.2 Å². The summed E-state index contributed by atoms with van der Waals surface area (Å²) >= 11 is 0. The molecule has 6 heteroatoms. The Kier molecular flexibility index (Phi) is 4.31. The lowest BCUT2D eigenvalue weighted by molar-refractivity contribution is -0.384. The van der Waals surface area contributed by atoms with Crippen molar-refractivity contribution in [3.8, 4) is 0 Å². The molecule has 1 aromatic carbocycles. The highest BCUT2D eigenvalue weighted by atomic mass is 19.1. The first-order valence-corrected chi connectivity index (χ1v) is 6.46. The van der Waals surface area contributed by atoms with Crippen molar-refractivity contribution >= 4 is 11.4 Å². The molecule has 1 heterocycles. The maximum atomic E-state index is 13.1. The van der Waals surface area contributed by atoms with Crippen LogP contribution in [0.5, 0.6) is 0 Å². The third kappa shape index (κ3) is 3.41. The van der Waals surface area contributed by atoms with Gasteiger partial charge in [-0.25, -0.2) is 4.39 Å². The highest BCUT2D eigenvalue weighted by Gasteiger charge is 2.21. The molecule has 2 rings (SSSR count). The quantitative estimate of drug-likeness (QED) is 0.672. The SMILES string of the molecule is CN(CC1CCCCN1)c1ccc(F)cc1[N+](=O)[O-]. The van der Waals surface area contributed by atoms with E-state index < -0.39 is 10.7 Å². The van der Waals surface area contributed by atoms with E-state index in [-0.39, 0.29) is 5.69 Å². The fourth-order valence-corrected chi connectivity index (χ4v) is 2.47. The Morgan fingerprint density at radius 3 is 2.95 bits per heavy atom. The average Bonchev–Trinajstić information content (AvgIpc) is 2.39. The lowest BCUT2D eigenvalue weighted by Gasteiger charge is -2.29. The van der Waals surface area contributed by atoms with Gasteiger partial charge in [0.15, 0.2) is 0 Å². The lowest BCUT2D eigenvalue weighted by Crippen LogP contribution is -2.42. The molecule has 1 N–H and O–H groups in total. The molecule has 0 spiro atoms. The molecule has 1 unspecified atom stereocenters. The Bertz CT molecular complexity index is 461. The molecule has 1 aliphatic rings. The van der Waals surface area contributed by atoms with Crippen LogP contribution in [0.4, 0.5) is 15.8 Å². The Hall–Kier alpha value is -1.69. The zero-order chi connectivity index (χ0) is 13.8. The first-order valence-electron chi connectivity index (χ1n) is 6.46. The molecule has 1 atom stereocenters. The molecule has 104 valence electrons. The van der Waals surface area contributed by atoms with Crippen molar-refractivity contribution in [2.24, 2.45) is 0 Å². The van der Waals surface area contributed by atoms with Gasteiger partial charge >= 0.3 is 0 Å². The number of anilines is 1. The van der Waals surface area contributed by atoms with Crippen LogP contribution >= 0.6 is 0 Å². The Morgan fingerprint density at radius 2 is 2.32 bits per heavy atom. The normalized spacial score (nSPS) is 19.2. The van der Waals surface area contributed by atoms with E-state index in [0.29, 0.717) is 18.3 Å². The largest absolute Gasteiger partial charge is 0.367 e. The van der Waals surface area contributed by atoms with E-state index >= 15 is 0 Å². The van der Waals surface area contributed by atoms with Crippen LogP contribution in [0.15, 0.2) is 18.2 Å². The monoisotopic (exact) mass is 267 g/mol. The van der Waals surface area contributed by atoms with E-state index in [1.807, 2.05) is 4.90 Å². The highest BCUT2D eigenvalue weighted by molar-refractivity contribution is 5.62. The summed E-state index contributed by atoms with van der Waals surface area (Å²) in [4.78, 5) is 12.2. The number of nitrogens with one attached hydrogen (secondary N) is 1. The minimum absolute atomic E-state index is 0.182. The molecular formula is C13H18FN3O2. The summed E-state index contributed by atoms with van der Waals surface area (Å²) in [5.41, 5.74) is 0.275. The first-order chi connectivity index (χ1) is 9.08. The van der Waals surface area contributed by atoms with Gasteiger partial charge in [-0.3, -0.25) is 10.1 Å². The molecule has 0 saturated carbocycles. The number of benzene rings is 1. The van der Waals surface area contributed by atoms with E-state index in [4.69, 9.17) is 0 Å². The number of nitro benzene ring substituents is 1. The number of piperidine rings is 1. The number of hydrogen-bond donors (Lipinski definition) is 1. The van der Waals surface area contributed by atoms with E-state index in [2.05, 4.69) is 5.32 Å². The maximum absolute atomic E-state index is 13.1. The van der Waals surface area contributed by atoms with Gasteiger partial charge in [-0.15, -0.1) is 0 Å². The van der Waals surface area contributed by atoms with E-state index in [1.54, 1.807) is 7.05 Å². The second-order valence-corrected chi connectivity index (χ2v) is 4.92. The lowest BCUT2D eigenvalue weighted by atomic mass is 10.0. The summed E-state index contributed by atoms with van der Waals surface area (Å²) in [6.45, 7) is 1.68. The molecule has 1 aromatic rings. The molecule has 0 amide bonds. The zero-order valence-electron chi connectivity index (χ0n) is 10.9. The molecule has 0 aliphatic carbocycles. The Morgan fingerprint density at radius 1 is 1.53 bits per heavy atom. The maximum Gasteiger partial charge on any atom is 0.295 e. The van der Waals surface area contributed by atoms with E-state index in [9.17, 15) is 14.5 Å². The fourth-order valence-electron chi connectivity index (χ4n) is 2.47. The second kappa shape index (κ2) is 5.97. The van der Waals surface area contributed by atoms with Crippen molar-refractivity contribution in [3.63, 3.8) is 0 Å². The summed E-state index contributed by atoms with van der Waals surface area (Å²) in [6, 6.07) is 4.03. The van der Waals surface area contributed by atoms with Crippen LogP contribution in [0, 0.1) is 15.9 Å². The van der Waals surface area contributed by atoms with Crippen LogP contribution in [0.1, 0.15) is 19.3 Å². The van der Waals surface area contributed by atoms with Crippen LogP contribution in [0.2, 0.25) is 0 Å². The van der Waals surface area contributed by atoms with Gasteiger partial charge in [0.25, 0.3) is 5.69 Å². The smallest absolute Gasteiger partial charge is 0.295 e. The van der Waals surface area contributed by atoms with Gasteiger partial charge in [-0.2, -0.15) is 0 Å². The van der Waals surface area contributed by atoms with Crippen LogP contribution in [0.25, 0.3) is 0 Å². The summed E-state index contributed by atoms with van der Waals surface area (Å²) in [5, 5.41) is 14.4. The van der Waals surface area contributed by atoms with Crippen molar-refractivity contribution in [1.82, 2.24) is 5.32 Å². The zero-order valence-corrected chi connectivity index (χ0v) is 10.9. The van der Waals surface area contributed by atoms with Crippen molar-refractivity contribution in [3.05, 3.63) is 34.1 Å². The summed E-state index contributed by atoms with van der Waals surface area (Å²) in [6.07, 6.45) is 3.42. The molecule has 1 fully saturated rings. The molecule has 19 heavy (non-hydrogen) atoms. The molecule has 1 saturated heterocycles. The van der Waals surface area contributed by atoms with Gasteiger partial charge in [0.05, 0.1) is 11.0 Å². The van der Waals surface area contributed by atoms with Gasteiger partial charge in [-0.1, -0.05) is 6.42 Å². The van der Waals surface area contributed by atoms with Crippen LogP contribution < -0.4 is 10.2 Å².